The quantitative estimate of drug-likeness (QED) is 0.312. The first kappa shape index (κ1) is 20.5. The lowest BCUT2D eigenvalue weighted by Crippen LogP contribution is -2.27. The molecule has 1 N–H and O–H groups in total. The second-order valence-corrected chi connectivity index (χ2v) is 7.35. The number of nitro benzene ring substituents is 1. The van der Waals surface area contributed by atoms with Gasteiger partial charge in [-0.2, -0.15) is 5.10 Å². The lowest BCUT2D eigenvalue weighted by molar-refractivity contribution is -0.384. The first-order chi connectivity index (χ1) is 14.9. The molecule has 3 heterocycles. The first-order valence-corrected chi connectivity index (χ1v) is 9.89. The Morgan fingerprint density at radius 1 is 1.29 bits per heavy atom. The highest BCUT2D eigenvalue weighted by Crippen LogP contribution is 2.15. The molecule has 4 aromatic rings. The molecule has 0 aliphatic rings. The number of carbonyl (C=O) groups is 1. The van der Waals surface area contributed by atoms with Gasteiger partial charge in [0.05, 0.1) is 24.2 Å². The van der Waals surface area contributed by atoms with Crippen molar-refractivity contribution in [1.29, 1.82) is 0 Å². The minimum atomic E-state index is -0.485. The number of halogens is 1. The minimum absolute atomic E-state index is 0.0450. The number of carbonyl (C=O) groups excluding carboxylic acids is 1. The highest BCUT2D eigenvalue weighted by atomic mass is 79.9. The third-order valence-corrected chi connectivity index (χ3v) is 4.93. The van der Waals surface area contributed by atoms with Gasteiger partial charge >= 0.3 is 0 Å². The van der Waals surface area contributed by atoms with E-state index in [9.17, 15) is 19.7 Å². The van der Waals surface area contributed by atoms with Gasteiger partial charge < -0.3 is 9.73 Å². The maximum Gasteiger partial charge on any atom is 0.287 e. The van der Waals surface area contributed by atoms with Crippen molar-refractivity contribution >= 4 is 38.6 Å². The molecule has 0 spiro atoms. The number of hydrogen-bond donors (Lipinski definition) is 1. The minimum Gasteiger partial charge on any atom is -0.444 e. The molecule has 1 aromatic carbocycles. The van der Waals surface area contributed by atoms with Gasteiger partial charge in [0, 0.05) is 18.7 Å². The fourth-order valence-electron chi connectivity index (χ4n) is 3.04. The molecule has 0 saturated carbocycles. The van der Waals surface area contributed by atoms with Crippen LogP contribution < -0.4 is 10.9 Å². The van der Waals surface area contributed by atoms with E-state index in [-0.39, 0.29) is 36.0 Å². The molecule has 0 radical (unpaired) electrons. The number of nitrogens with zero attached hydrogens (tertiary/aromatic N) is 5. The standard InChI is InChI=1S/C19H15BrN6O5/c20-16-5-4-15(31-16)18(27)21-6-7-25-17-14(9-23-25)19(28)24(11-22-17)10-12-2-1-3-13(8-12)26(29)30/h1-5,8-9,11H,6-7,10H2,(H,21,27). The molecule has 0 aliphatic carbocycles. The van der Waals surface area contributed by atoms with Gasteiger partial charge in [0.1, 0.15) is 11.7 Å². The number of nitro groups is 1. The van der Waals surface area contributed by atoms with Crippen LogP contribution in [0.3, 0.4) is 0 Å². The van der Waals surface area contributed by atoms with E-state index in [0.29, 0.717) is 27.8 Å². The van der Waals surface area contributed by atoms with E-state index in [1.165, 1.54) is 33.9 Å². The van der Waals surface area contributed by atoms with Crippen LogP contribution in [0.5, 0.6) is 0 Å². The van der Waals surface area contributed by atoms with Gasteiger partial charge in [0.15, 0.2) is 16.1 Å². The summed E-state index contributed by atoms with van der Waals surface area (Å²) in [7, 11) is 0. The van der Waals surface area contributed by atoms with Gasteiger partial charge in [0.2, 0.25) is 0 Å². The van der Waals surface area contributed by atoms with Crippen LogP contribution in [0.25, 0.3) is 11.0 Å². The summed E-state index contributed by atoms with van der Waals surface area (Å²) in [4.78, 5) is 39.6. The van der Waals surface area contributed by atoms with Crippen molar-refractivity contribution in [3.05, 3.63) is 85.4 Å². The molecule has 0 aliphatic heterocycles. The fraction of sp³-hybridized carbons (Fsp3) is 0.158. The maximum atomic E-state index is 12.8. The van der Waals surface area contributed by atoms with Crippen molar-refractivity contribution in [2.75, 3.05) is 6.54 Å². The molecule has 11 nitrogen and oxygen atoms in total. The van der Waals surface area contributed by atoms with Crippen molar-refractivity contribution in [3.8, 4) is 0 Å². The van der Waals surface area contributed by atoms with Gasteiger partial charge in [-0.1, -0.05) is 12.1 Å². The average Bonchev–Trinajstić information content (AvgIpc) is 3.37. The van der Waals surface area contributed by atoms with Crippen LogP contribution in [0.2, 0.25) is 0 Å². The fourth-order valence-corrected chi connectivity index (χ4v) is 3.34. The number of amides is 1. The van der Waals surface area contributed by atoms with Gasteiger partial charge in [-0.25, -0.2) is 9.67 Å². The van der Waals surface area contributed by atoms with Gasteiger partial charge in [-0.05, 0) is 33.6 Å². The Morgan fingerprint density at radius 3 is 2.87 bits per heavy atom. The predicted molar refractivity (Wildman–Crippen MR) is 113 cm³/mol. The van der Waals surface area contributed by atoms with Crippen molar-refractivity contribution in [1.82, 2.24) is 24.6 Å². The molecule has 1 amide bonds. The summed E-state index contributed by atoms with van der Waals surface area (Å²) in [5, 5.41) is 18.1. The molecule has 31 heavy (non-hydrogen) atoms. The summed E-state index contributed by atoms with van der Waals surface area (Å²) in [6.45, 7) is 0.703. The van der Waals surface area contributed by atoms with Crippen LogP contribution in [-0.2, 0) is 13.1 Å². The Kier molecular flexibility index (Phi) is 5.62. The number of rotatable bonds is 7. The largest absolute Gasteiger partial charge is 0.444 e. The highest BCUT2D eigenvalue weighted by Gasteiger charge is 2.13. The molecule has 4 rings (SSSR count). The number of furan rings is 1. The number of hydrogen-bond acceptors (Lipinski definition) is 7. The van der Waals surface area contributed by atoms with E-state index in [4.69, 9.17) is 4.42 Å². The zero-order valence-electron chi connectivity index (χ0n) is 15.9. The SMILES string of the molecule is O=C(NCCn1ncc2c(=O)n(Cc3cccc([N+](=O)[O-])c3)cnc21)c1ccc(Br)o1. The van der Waals surface area contributed by atoms with Crippen LogP contribution >= 0.6 is 15.9 Å². The maximum absolute atomic E-state index is 12.8. The molecule has 0 atom stereocenters. The smallest absolute Gasteiger partial charge is 0.287 e. The molecule has 0 unspecified atom stereocenters. The summed E-state index contributed by atoms with van der Waals surface area (Å²) in [6.07, 6.45) is 2.79. The van der Waals surface area contributed by atoms with E-state index in [0.717, 1.165) is 0 Å². The number of non-ortho nitro benzene ring substituents is 1. The monoisotopic (exact) mass is 486 g/mol. The Hall–Kier alpha value is -3.80. The Balaban J connectivity index is 1.47. The molecule has 158 valence electrons. The van der Waals surface area contributed by atoms with Crippen molar-refractivity contribution in [3.63, 3.8) is 0 Å². The second-order valence-electron chi connectivity index (χ2n) is 6.57. The van der Waals surface area contributed by atoms with Crippen molar-refractivity contribution in [2.45, 2.75) is 13.1 Å². The zero-order chi connectivity index (χ0) is 22.0. The van der Waals surface area contributed by atoms with Gasteiger partial charge in [0.25, 0.3) is 17.2 Å². The highest BCUT2D eigenvalue weighted by molar-refractivity contribution is 9.10. The second kappa shape index (κ2) is 8.52. The number of benzene rings is 1. The Morgan fingerprint density at radius 2 is 2.13 bits per heavy atom. The molecule has 0 fully saturated rings. The third kappa shape index (κ3) is 4.38. The van der Waals surface area contributed by atoms with Crippen LogP contribution in [0, 0.1) is 10.1 Å². The number of aromatic nitrogens is 4. The van der Waals surface area contributed by atoms with Crippen LogP contribution in [0.15, 0.2) is 62.8 Å². The van der Waals surface area contributed by atoms with Crippen LogP contribution in [0.4, 0.5) is 5.69 Å². The van der Waals surface area contributed by atoms with E-state index in [1.807, 2.05) is 0 Å². The molecular formula is C19H15BrN6O5. The lowest BCUT2D eigenvalue weighted by atomic mass is 10.2. The normalized spacial score (nSPS) is 11.0. The summed E-state index contributed by atoms with van der Waals surface area (Å²) in [5.41, 5.74) is 0.635. The average molecular weight is 487 g/mol. The predicted octanol–water partition coefficient (Wildman–Crippen LogP) is 2.33. The van der Waals surface area contributed by atoms with E-state index >= 15 is 0 Å². The third-order valence-electron chi connectivity index (χ3n) is 4.50. The first-order valence-electron chi connectivity index (χ1n) is 9.10. The van der Waals surface area contributed by atoms with E-state index in [1.54, 1.807) is 24.3 Å². The molecule has 12 heteroatoms. The summed E-state index contributed by atoms with van der Waals surface area (Å²) in [6, 6.07) is 9.25. The lowest BCUT2D eigenvalue weighted by Gasteiger charge is -2.07. The van der Waals surface area contributed by atoms with Crippen molar-refractivity contribution in [2.24, 2.45) is 0 Å². The Labute approximate surface area is 182 Å². The van der Waals surface area contributed by atoms with Gasteiger partial charge in [-0.15, -0.1) is 0 Å². The summed E-state index contributed by atoms with van der Waals surface area (Å²) >= 11 is 3.14. The number of fused-ring (bicyclic) bond motifs is 1. The Bertz CT molecular complexity index is 1340. The van der Waals surface area contributed by atoms with Crippen LogP contribution in [-0.4, -0.2) is 36.7 Å². The molecule has 0 bridgehead atoms. The van der Waals surface area contributed by atoms with Gasteiger partial charge in [-0.3, -0.25) is 24.3 Å². The summed E-state index contributed by atoms with van der Waals surface area (Å²) < 4.78 is 8.54. The molecular weight excluding hydrogens is 472 g/mol. The van der Waals surface area contributed by atoms with E-state index in [2.05, 4.69) is 31.3 Å². The zero-order valence-corrected chi connectivity index (χ0v) is 17.5. The summed E-state index contributed by atoms with van der Waals surface area (Å²) in [5.74, 6) is -0.186. The molecule has 3 aromatic heterocycles. The topological polar surface area (TPSA) is 138 Å². The van der Waals surface area contributed by atoms with Crippen molar-refractivity contribution < 1.29 is 14.1 Å². The molecule has 0 saturated heterocycles. The number of nitrogens with one attached hydrogen (secondary N) is 1. The van der Waals surface area contributed by atoms with Crippen LogP contribution in [0.1, 0.15) is 16.1 Å². The van der Waals surface area contributed by atoms with E-state index < -0.39 is 4.92 Å².